The molecule has 0 bridgehead atoms. The smallest absolute Gasteiger partial charge is 0.124 e. The molecule has 3 aromatic carbocycles. The van der Waals surface area contributed by atoms with Crippen LogP contribution in [0.2, 0.25) is 5.02 Å². The summed E-state index contributed by atoms with van der Waals surface area (Å²) in [6, 6.07) is 24.4. The van der Waals surface area contributed by atoms with Crippen molar-refractivity contribution in [3.8, 4) is 5.75 Å². The first-order chi connectivity index (χ1) is 14.3. The number of morpholine rings is 1. The van der Waals surface area contributed by atoms with Gasteiger partial charge in [0.05, 0.1) is 13.2 Å². The zero-order chi connectivity index (χ0) is 19.9. The minimum Gasteiger partial charge on any atom is -0.489 e. The predicted molar refractivity (Wildman–Crippen MR) is 119 cm³/mol. The number of para-hydroxylation sites is 1. The van der Waals surface area contributed by atoms with Gasteiger partial charge in [-0.2, -0.15) is 0 Å². The molecular weight excluding hydrogens is 384 g/mol. The van der Waals surface area contributed by atoms with Crippen LogP contribution in [0.15, 0.2) is 72.8 Å². The second-order valence-corrected chi connectivity index (χ2v) is 7.46. The first-order valence-corrected chi connectivity index (χ1v) is 10.3. The first kappa shape index (κ1) is 19.6. The molecule has 0 aromatic heterocycles. The molecule has 4 rings (SSSR count). The van der Waals surface area contributed by atoms with Gasteiger partial charge in [-0.1, -0.05) is 41.9 Å². The number of ether oxygens (including phenoxy) is 2. The van der Waals surface area contributed by atoms with Crippen molar-refractivity contribution < 1.29 is 9.47 Å². The van der Waals surface area contributed by atoms with Crippen LogP contribution >= 0.6 is 11.6 Å². The van der Waals surface area contributed by atoms with E-state index >= 15 is 0 Å². The molecule has 3 aromatic rings. The largest absolute Gasteiger partial charge is 0.489 e. The summed E-state index contributed by atoms with van der Waals surface area (Å²) in [5.74, 6) is 0.880. The summed E-state index contributed by atoms with van der Waals surface area (Å²) < 4.78 is 11.5. The summed E-state index contributed by atoms with van der Waals surface area (Å²) in [5.41, 5.74) is 4.50. The highest BCUT2D eigenvalue weighted by molar-refractivity contribution is 6.30. The lowest BCUT2D eigenvalue weighted by Crippen LogP contribution is -2.36. The fourth-order valence-electron chi connectivity index (χ4n) is 3.39. The van der Waals surface area contributed by atoms with E-state index in [1.54, 1.807) is 0 Å². The van der Waals surface area contributed by atoms with E-state index in [9.17, 15) is 0 Å². The van der Waals surface area contributed by atoms with Gasteiger partial charge >= 0.3 is 0 Å². The molecule has 1 aliphatic rings. The summed E-state index contributed by atoms with van der Waals surface area (Å²) in [5, 5.41) is 4.22. The summed E-state index contributed by atoms with van der Waals surface area (Å²) in [6.45, 7) is 4.68. The predicted octanol–water partition coefficient (Wildman–Crippen LogP) is 5.37. The number of benzene rings is 3. The monoisotopic (exact) mass is 408 g/mol. The minimum absolute atomic E-state index is 0.492. The Balaban J connectivity index is 1.36. The molecule has 29 heavy (non-hydrogen) atoms. The highest BCUT2D eigenvalue weighted by atomic mass is 35.5. The Kier molecular flexibility index (Phi) is 6.55. The van der Waals surface area contributed by atoms with E-state index in [1.807, 2.05) is 42.5 Å². The van der Waals surface area contributed by atoms with Crippen LogP contribution in [0, 0.1) is 0 Å². The topological polar surface area (TPSA) is 33.7 Å². The number of hydrogen-bond donors (Lipinski definition) is 1. The van der Waals surface area contributed by atoms with E-state index in [1.165, 1.54) is 5.69 Å². The third kappa shape index (κ3) is 5.43. The minimum atomic E-state index is 0.492. The summed E-state index contributed by atoms with van der Waals surface area (Å²) in [4.78, 5) is 2.35. The van der Waals surface area contributed by atoms with Crippen LogP contribution in [0.25, 0.3) is 0 Å². The molecule has 0 unspecified atom stereocenters. The second kappa shape index (κ2) is 9.68. The summed E-state index contributed by atoms with van der Waals surface area (Å²) in [7, 11) is 0. The van der Waals surface area contributed by atoms with E-state index < -0.39 is 0 Å². The molecule has 0 radical (unpaired) electrons. The van der Waals surface area contributed by atoms with Crippen molar-refractivity contribution in [3.63, 3.8) is 0 Å². The third-order valence-electron chi connectivity index (χ3n) is 4.98. The van der Waals surface area contributed by atoms with E-state index in [2.05, 4.69) is 40.5 Å². The average molecular weight is 409 g/mol. The van der Waals surface area contributed by atoms with E-state index in [4.69, 9.17) is 21.1 Å². The molecule has 1 saturated heterocycles. The van der Waals surface area contributed by atoms with E-state index in [0.29, 0.717) is 13.2 Å². The van der Waals surface area contributed by atoms with Gasteiger partial charge in [0.2, 0.25) is 0 Å². The average Bonchev–Trinajstić information content (AvgIpc) is 2.78. The Hall–Kier alpha value is -2.69. The quantitative estimate of drug-likeness (QED) is 0.570. The van der Waals surface area contributed by atoms with Crippen LogP contribution in [0.4, 0.5) is 11.4 Å². The maximum atomic E-state index is 6.06. The molecule has 0 atom stereocenters. The van der Waals surface area contributed by atoms with Crippen molar-refractivity contribution in [1.82, 2.24) is 0 Å². The lowest BCUT2D eigenvalue weighted by Gasteiger charge is -2.29. The Bertz CT molecular complexity index is 924. The number of nitrogens with one attached hydrogen (secondary N) is 1. The molecule has 0 aliphatic carbocycles. The summed E-state index contributed by atoms with van der Waals surface area (Å²) in [6.07, 6.45) is 0. The molecule has 150 valence electrons. The van der Waals surface area contributed by atoms with Crippen molar-refractivity contribution in [2.24, 2.45) is 0 Å². The molecule has 1 N–H and O–H groups in total. The zero-order valence-electron chi connectivity index (χ0n) is 16.3. The van der Waals surface area contributed by atoms with Crippen LogP contribution in [-0.4, -0.2) is 26.3 Å². The van der Waals surface area contributed by atoms with Gasteiger partial charge in [0.15, 0.2) is 0 Å². The second-order valence-electron chi connectivity index (χ2n) is 7.03. The summed E-state index contributed by atoms with van der Waals surface area (Å²) >= 11 is 6.06. The van der Waals surface area contributed by atoms with Crippen molar-refractivity contribution in [3.05, 3.63) is 88.9 Å². The Labute approximate surface area is 177 Å². The Morgan fingerprint density at radius 2 is 1.72 bits per heavy atom. The van der Waals surface area contributed by atoms with E-state index in [0.717, 1.165) is 53.9 Å². The highest BCUT2D eigenvalue weighted by Crippen LogP contribution is 2.23. The van der Waals surface area contributed by atoms with Gasteiger partial charge in [0, 0.05) is 41.6 Å². The van der Waals surface area contributed by atoms with Crippen molar-refractivity contribution >= 4 is 23.0 Å². The maximum Gasteiger partial charge on any atom is 0.124 e. The molecule has 0 amide bonds. The standard InChI is InChI=1S/C24H25ClN2O2/c25-21-6-3-4-19(16-21)18-29-24-7-2-1-5-20(24)17-26-22-8-10-23(11-9-22)27-12-14-28-15-13-27/h1-11,16,26H,12-15,17-18H2. The zero-order valence-corrected chi connectivity index (χ0v) is 17.1. The number of hydrogen-bond acceptors (Lipinski definition) is 4. The van der Waals surface area contributed by atoms with Gasteiger partial charge in [-0.05, 0) is 48.0 Å². The van der Waals surface area contributed by atoms with E-state index in [-0.39, 0.29) is 0 Å². The maximum absolute atomic E-state index is 6.06. The lowest BCUT2D eigenvalue weighted by molar-refractivity contribution is 0.122. The van der Waals surface area contributed by atoms with Crippen molar-refractivity contribution in [2.75, 3.05) is 36.5 Å². The fourth-order valence-corrected chi connectivity index (χ4v) is 3.60. The number of halogens is 1. The number of nitrogens with zero attached hydrogens (tertiary/aromatic N) is 1. The molecule has 1 heterocycles. The first-order valence-electron chi connectivity index (χ1n) is 9.90. The van der Waals surface area contributed by atoms with Crippen LogP contribution in [-0.2, 0) is 17.9 Å². The third-order valence-corrected chi connectivity index (χ3v) is 5.22. The van der Waals surface area contributed by atoms with Crippen LogP contribution in [0.3, 0.4) is 0 Å². The van der Waals surface area contributed by atoms with Gasteiger partial charge in [-0.15, -0.1) is 0 Å². The van der Waals surface area contributed by atoms with Crippen molar-refractivity contribution in [2.45, 2.75) is 13.2 Å². The molecule has 4 nitrogen and oxygen atoms in total. The van der Waals surface area contributed by atoms with Gasteiger partial charge < -0.3 is 19.7 Å². The number of anilines is 2. The van der Waals surface area contributed by atoms with Crippen molar-refractivity contribution in [1.29, 1.82) is 0 Å². The number of rotatable bonds is 7. The van der Waals surface area contributed by atoms with Crippen LogP contribution in [0.5, 0.6) is 5.75 Å². The van der Waals surface area contributed by atoms with Gasteiger partial charge in [0.25, 0.3) is 0 Å². The SMILES string of the molecule is Clc1cccc(COc2ccccc2CNc2ccc(N3CCOCC3)cc2)c1. The normalized spacial score (nSPS) is 13.9. The van der Waals surface area contributed by atoms with Crippen LogP contribution in [0.1, 0.15) is 11.1 Å². The van der Waals surface area contributed by atoms with Crippen LogP contribution < -0.4 is 15.0 Å². The van der Waals surface area contributed by atoms with Gasteiger partial charge in [-0.3, -0.25) is 0 Å². The highest BCUT2D eigenvalue weighted by Gasteiger charge is 2.11. The molecule has 1 aliphatic heterocycles. The lowest BCUT2D eigenvalue weighted by atomic mass is 10.2. The molecular formula is C24H25ClN2O2. The molecule has 0 saturated carbocycles. The molecule has 1 fully saturated rings. The fraction of sp³-hybridized carbons (Fsp3) is 0.250. The Morgan fingerprint density at radius 1 is 0.931 bits per heavy atom. The van der Waals surface area contributed by atoms with Gasteiger partial charge in [-0.25, -0.2) is 0 Å². The molecule has 0 spiro atoms. The Morgan fingerprint density at radius 3 is 2.52 bits per heavy atom. The van der Waals surface area contributed by atoms with Gasteiger partial charge in [0.1, 0.15) is 12.4 Å². The molecule has 5 heteroatoms.